The average Bonchev–Trinajstić information content (AvgIpc) is 2.84. The van der Waals surface area contributed by atoms with Gasteiger partial charge in [0.15, 0.2) is 6.61 Å². The number of aryl methyl sites for hydroxylation is 1. The Bertz CT molecular complexity index is 1120. The number of ether oxygens (including phenoxy) is 1. The molecule has 33 heavy (non-hydrogen) atoms. The van der Waals surface area contributed by atoms with E-state index in [1.807, 2.05) is 25.1 Å². The van der Waals surface area contributed by atoms with Crippen molar-refractivity contribution in [3.8, 4) is 5.75 Å². The van der Waals surface area contributed by atoms with Crippen molar-refractivity contribution in [1.29, 1.82) is 0 Å². The smallest absolute Gasteiger partial charge is 0.264 e. The van der Waals surface area contributed by atoms with Crippen LogP contribution in [0.3, 0.4) is 0 Å². The Balaban J connectivity index is 1.52. The summed E-state index contributed by atoms with van der Waals surface area (Å²) in [6.07, 6.45) is 1.73. The van der Waals surface area contributed by atoms with E-state index in [2.05, 4.69) is 17.4 Å². The number of hydrogen-bond acceptors (Lipinski definition) is 4. The standard InChI is InChI=1S/C26H30N2O4S/c1-3-28(33(30,31)25-12-8-5-9-13-25)23-16-18-24(19-17-23)32-20-26(29)27-21(2)14-15-22-10-6-4-7-11-22/h4-13,16-19,21H,3,14-15,20H2,1-2H3,(H,27,29). The minimum absolute atomic E-state index is 0.0324. The summed E-state index contributed by atoms with van der Waals surface area (Å²) in [5.74, 6) is 0.306. The van der Waals surface area contributed by atoms with E-state index >= 15 is 0 Å². The summed E-state index contributed by atoms with van der Waals surface area (Å²) < 4.78 is 32.8. The molecule has 3 aromatic carbocycles. The molecule has 0 aliphatic carbocycles. The second-order valence-electron chi connectivity index (χ2n) is 7.76. The number of carbonyl (C=O) groups excluding carboxylic acids is 1. The van der Waals surface area contributed by atoms with Crippen molar-refractivity contribution in [1.82, 2.24) is 5.32 Å². The SMILES string of the molecule is CCN(c1ccc(OCC(=O)NC(C)CCc2ccccc2)cc1)S(=O)(=O)c1ccccc1. The van der Waals surface area contributed by atoms with E-state index in [-0.39, 0.29) is 23.5 Å². The molecule has 7 heteroatoms. The van der Waals surface area contributed by atoms with Crippen LogP contribution in [0.4, 0.5) is 5.69 Å². The van der Waals surface area contributed by atoms with Gasteiger partial charge in [0.05, 0.1) is 10.6 Å². The molecule has 1 atom stereocenters. The first-order valence-corrected chi connectivity index (χ1v) is 12.5. The number of anilines is 1. The lowest BCUT2D eigenvalue weighted by Crippen LogP contribution is -2.36. The van der Waals surface area contributed by atoms with Gasteiger partial charge in [-0.25, -0.2) is 8.42 Å². The highest BCUT2D eigenvalue weighted by atomic mass is 32.2. The van der Waals surface area contributed by atoms with Crippen molar-refractivity contribution < 1.29 is 17.9 Å². The minimum atomic E-state index is -3.65. The van der Waals surface area contributed by atoms with Crippen LogP contribution in [-0.2, 0) is 21.2 Å². The van der Waals surface area contributed by atoms with Crippen LogP contribution in [0.25, 0.3) is 0 Å². The molecule has 0 saturated carbocycles. The molecule has 1 unspecified atom stereocenters. The molecule has 0 aliphatic heterocycles. The molecule has 0 spiro atoms. The molecule has 0 fully saturated rings. The number of amides is 1. The maximum atomic E-state index is 13.0. The van der Waals surface area contributed by atoms with E-state index in [4.69, 9.17) is 4.74 Å². The lowest BCUT2D eigenvalue weighted by atomic mass is 10.1. The van der Waals surface area contributed by atoms with Crippen LogP contribution >= 0.6 is 0 Å². The summed E-state index contributed by atoms with van der Waals surface area (Å²) in [4.78, 5) is 12.5. The maximum Gasteiger partial charge on any atom is 0.264 e. The molecular formula is C26H30N2O4S. The number of rotatable bonds is 11. The number of hydrogen-bond donors (Lipinski definition) is 1. The zero-order chi connectivity index (χ0) is 23.7. The van der Waals surface area contributed by atoms with Crippen LogP contribution in [0.1, 0.15) is 25.8 Å². The second kappa shape index (κ2) is 11.5. The van der Waals surface area contributed by atoms with Gasteiger partial charge in [-0.1, -0.05) is 48.5 Å². The first kappa shape index (κ1) is 24.3. The zero-order valence-corrected chi connectivity index (χ0v) is 19.8. The van der Waals surface area contributed by atoms with Crippen LogP contribution in [0, 0.1) is 0 Å². The van der Waals surface area contributed by atoms with E-state index in [1.54, 1.807) is 61.5 Å². The van der Waals surface area contributed by atoms with Crippen LogP contribution < -0.4 is 14.4 Å². The highest BCUT2D eigenvalue weighted by Gasteiger charge is 2.23. The van der Waals surface area contributed by atoms with Gasteiger partial charge in [-0.15, -0.1) is 0 Å². The Morgan fingerprint density at radius 2 is 1.55 bits per heavy atom. The predicted molar refractivity (Wildman–Crippen MR) is 131 cm³/mol. The third kappa shape index (κ3) is 6.83. The van der Waals surface area contributed by atoms with Gasteiger partial charge >= 0.3 is 0 Å². The van der Waals surface area contributed by atoms with Crippen molar-refractivity contribution in [2.45, 2.75) is 37.6 Å². The summed E-state index contributed by atoms with van der Waals surface area (Å²) in [6, 6.07) is 25.2. The fourth-order valence-electron chi connectivity index (χ4n) is 3.49. The van der Waals surface area contributed by atoms with Crippen molar-refractivity contribution in [2.75, 3.05) is 17.5 Å². The zero-order valence-electron chi connectivity index (χ0n) is 19.0. The molecule has 0 aliphatic rings. The molecule has 6 nitrogen and oxygen atoms in total. The van der Waals surface area contributed by atoms with Crippen LogP contribution in [0.2, 0.25) is 0 Å². The molecule has 3 aromatic rings. The fourth-order valence-corrected chi connectivity index (χ4v) is 4.98. The second-order valence-corrected chi connectivity index (χ2v) is 9.62. The van der Waals surface area contributed by atoms with E-state index in [9.17, 15) is 13.2 Å². The van der Waals surface area contributed by atoms with Gasteiger partial charge in [0.2, 0.25) is 0 Å². The maximum absolute atomic E-state index is 13.0. The summed E-state index contributed by atoms with van der Waals surface area (Å²) in [5, 5.41) is 2.95. The molecule has 1 amide bonds. The number of benzene rings is 3. The molecule has 174 valence electrons. The molecule has 3 rings (SSSR count). The molecule has 0 aromatic heterocycles. The third-order valence-corrected chi connectivity index (χ3v) is 7.15. The Morgan fingerprint density at radius 3 is 2.15 bits per heavy atom. The van der Waals surface area contributed by atoms with Gasteiger partial charge in [0.25, 0.3) is 15.9 Å². The first-order valence-electron chi connectivity index (χ1n) is 11.0. The lowest BCUT2D eigenvalue weighted by Gasteiger charge is -2.23. The fraction of sp³-hybridized carbons (Fsp3) is 0.269. The van der Waals surface area contributed by atoms with Gasteiger partial charge in [0.1, 0.15) is 5.75 Å². The molecule has 0 bridgehead atoms. The van der Waals surface area contributed by atoms with Gasteiger partial charge in [0, 0.05) is 12.6 Å². The third-order valence-electron chi connectivity index (χ3n) is 5.23. The van der Waals surface area contributed by atoms with Gasteiger partial charge in [-0.2, -0.15) is 0 Å². The molecule has 1 N–H and O–H groups in total. The van der Waals surface area contributed by atoms with E-state index in [0.29, 0.717) is 18.0 Å². The van der Waals surface area contributed by atoms with Crippen molar-refractivity contribution in [2.24, 2.45) is 0 Å². The van der Waals surface area contributed by atoms with Crippen molar-refractivity contribution in [3.05, 3.63) is 90.5 Å². The number of sulfonamides is 1. The van der Waals surface area contributed by atoms with E-state index < -0.39 is 10.0 Å². The summed E-state index contributed by atoms with van der Waals surface area (Å²) >= 11 is 0. The number of nitrogens with one attached hydrogen (secondary N) is 1. The van der Waals surface area contributed by atoms with Crippen LogP contribution in [0.5, 0.6) is 5.75 Å². The molecule has 0 radical (unpaired) electrons. The summed E-state index contributed by atoms with van der Waals surface area (Å²) in [7, 11) is -3.65. The number of nitrogens with zero attached hydrogens (tertiary/aromatic N) is 1. The van der Waals surface area contributed by atoms with Crippen LogP contribution in [-0.4, -0.2) is 33.5 Å². The molecular weight excluding hydrogens is 436 g/mol. The molecule has 0 saturated heterocycles. The quantitative estimate of drug-likeness (QED) is 0.454. The van der Waals surface area contributed by atoms with Crippen molar-refractivity contribution >= 4 is 21.6 Å². The van der Waals surface area contributed by atoms with Crippen molar-refractivity contribution in [3.63, 3.8) is 0 Å². The van der Waals surface area contributed by atoms with Gasteiger partial charge < -0.3 is 10.1 Å². The normalized spacial score (nSPS) is 12.1. The highest BCUT2D eigenvalue weighted by Crippen LogP contribution is 2.25. The Kier molecular flexibility index (Phi) is 8.49. The Morgan fingerprint density at radius 1 is 0.939 bits per heavy atom. The Labute approximate surface area is 196 Å². The van der Waals surface area contributed by atoms with E-state index in [1.165, 1.54) is 9.87 Å². The average molecular weight is 467 g/mol. The minimum Gasteiger partial charge on any atom is -0.484 e. The first-order chi connectivity index (χ1) is 15.9. The summed E-state index contributed by atoms with van der Waals surface area (Å²) in [5.41, 5.74) is 1.78. The summed E-state index contributed by atoms with van der Waals surface area (Å²) in [6.45, 7) is 3.95. The van der Waals surface area contributed by atoms with E-state index in [0.717, 1.165) is 12.8 Å². The monoisotopic (exact) mass is 466 g/mol. The van der Waals surface area contributed by atoms with Gasteiger partial charge in [-0.05, 0) is 68.7 Å². The topological polar surface area (TPSA) is 75.7 Å². The van der Waals surface area contributed by atoms with Crippen LogP contribution in [0.15, 0.2) is 89.8 Å². The lowest BCUT2D eigenvalue weighted by molar-refractivity contribution is -0.123. The largest absolute Gasteiger partial charge is 0.484 e. The number of carbonyl (C=O) groups is 1. The Hall–Kier alpha value is -3.32. The van der Waals surface area contributed by atoms with Gasteiger partial charge in [-0.3, -0.25) is 9.10 Å². The molecule has 0 heterocycles. The predicted octanol–water partition coefficient (Wildman–Crippen LogP) is 4.42. The highest BCUT2D eigenvalue weighted by molar-refractivity contribution is 7.92.